The maximum atomic E-state index is 13.9. The molecule has 0 fully saturated rings. The molecule has 0 aliphatic heterocycles. The summed E-state index contributed by atoms with van der Waals surface area (Å²) < 4.78 is 4.39. The van der Waals surface area contributed by atoms with Crippen LogP contribution in [0.25, 0.3) is 51.4 Å². The molecule has 4 nitrogen and oxygen atoms in total. The molecule has 0 amide bonds. The molecule has 2 heterocycles. The Balaban J connectivity index is 1.49. The number of nitrogens with zero attached hydrogens (tertiary/aromatic N) is 2. The molecule has 0 bridgehead atoms. The van der Waals surface area contributed by atoms with Gasteiger partial charge in [0.1, 0.15) is 5.94 Å². The van der Waals surface area contributed by atoms with Crippen LogP contribution in [0.15, 0.2) is 140 Å². The Morgan fingerprint density at radius 2 is 1.34 bits per heavy atom. The lowest BCUT2D eigenvalue weighted by Gasteiger charge is -2.11. The van der Waals surface area contributed by atoms with E-state index < -0.39 is 0 Å². The van der Waals surface area contributed by atoms with Gasteiger partial charge in [0.15, 0.2) is 5.78 Å². The number of allylic oxidation sites excluding steroid dienone is 4. The zero-order valence-corrected chi connectivity index (χ0v) is 24.2. The van der Waals surface area contributed by atoms with E-state index in [1.165, 1.54) is 0 Å². The Kier molecular flexibility index (Phi) is 6.75. The molecule has 0 radical (unpaired) electrons. The van der Waals surface area contributed by atoms with E-state index in [0.717, 1.165) is 50.5 Å². The van der Waals surface area contributed by atoms with Crippen LogP contribution in [0.2, 0.25) is 0 Å². The molecule has 4 aromatic carbocycles. The van der Waals surface area contributed by atoms with Gasteiger partial charge in [-0.3, -0.25) is 4.79 Å². The zero-order chi connectivity index (χ0) is 30.2. The Morgan fingerprint density at radius 1 is 0.727 bits per heavy atom. The topological polar surface area (TPSA) is 44.0 Å². The van der Waals surface area contributed by atoms with Crippen molar-refractivity contribution in [3.8, 4) is 22.6 Å². The molecular weight excluding hydrogens is 540 g/mol. The number of Topliss-reactive ketones (excluding diaryl/α,β-unsaturated/α-hetero) is 1. The highest BCUT2D eigenvalue weighted by atomic mass is 16.1. The van der Waals surface area contributed by atoms with E-state index >= 15 is 0 Å². The van der Waals surface area contributed by atoms with E-state index in [1.54, 1.807) is 6.08 Å². The molecular formula is C40H28N2O2. The Hall–Kier alpha value is -5.96. The number of hydrogen-bond donors (Lipinski definition) is 0. The Labute approximate surface area is 255 Å². The quantitative estimate of drug-likeness (QED) is 0.114. The van der Waals surface area contributed by atoms with E-state index in [-0.39, 0.29) is 11.4 Å². The van der Waals surface area contributed by atoms with Gasteiger partial charge in [-0.25, -0.2) is 4.79 Å². The summed E-state index contributed by atoms with van der Waals surface area (Å²) in [5, 5.41) is 0. The van der Waals surface area contributed by atoms with Crippen molar-refractivity contribution in [3.63, 3.8) is 0 Å². The first-order chi connectivity index (χ1) is 21.6. The summed E-state index contributed by atoms with van der Waals surface area (Å²) in [6.45, 7) is 5.72. The highest BCUT2D eigenvalue weighted by Crippen LogP contribution is 2.40. The lowest BCUT2D eigenvalue weighted by molar-refractivity contribution is 0.104. The van der Waals surface area contributed by atoms with Gasteiger partial charge in [-0.1, -0.05) is 91.5 Å². The summed E-state index contributed by atoms with van der Waals surface area (Å²) in [6.07, 6.45) is 7.29. The molecule has 4 heteroatoms. The summed E-state index contributed by atoms with van der Waals surface area (Å²) in [6, 6.07) is 38.7. The lowest BCUT2D eigenvalue weighted by atomic mass is 9.99. The molecule has 6 aromatic rings. The number of hydrogen-bond acceptors (Lipinski definition) is 2. The summed E-state index contributed by atoms with van der Waals surface area (Å²) in [7, 11) is 0. The molecule has 7 rings (SSSR count). The lowest BCUT2D eigenvalue weighted by Crippen LogP contribution is -2.00. The second-order valence-electron chi connectivity index (χ2n) is 10.8. The number of aromatic nitrogens is 2. The first-order valence-corrected chi connectivity index (χ1v) is 14.5. The van der Waals surface area contributed by atoms with Gasteiger partial charge in [0.2, 0.25) is 0 Å². The van der Waals surface area contributed by atoms with Crippen LogP contribution in [0.1, 0.15) is 32.7 Å². The monoisotopic (exact) mass is 568 g/mol. The van der Waals surface area contributed by atoms with Gasteiger partial charge in [0.05, 0.1) is 22.3 Å². The molecule has 44 heavy (non-hydrogen) atoms. The third-order valence-electron chi connectivity index (χ3n) is 8.14. The van der Waals surface area contributed by atoms with Crippen molar-refractivity contribution < 1.29 is 9.59 Å². The minimum absolute atomic E-state index is 0.187. The van der Waals surface area contributed by atoms with Crippen molar-refractivity contribution in [1.29, 1.82) is 0 Å². The van der Waals surface area contributed by atoms with Gasteiger partial charge in [0.25, 0.3) is 0 Å². The minimum atomic E-state index is -0.187. The van der Waals surface area contributed by atoms with Crippen molar-refractivity contribution in [3.05, 3.63) is 168 Å². The second-order valence-corrected chi connectivity index (χ2v) is 10.8. The van der Waals surface area contributed by atoms with Crippen molar-refractivity contribution in [2.45, 2.75) is 6.92 Å². The van der Waals surface area contributed by atoms with Crippen molar-refractivity contribution in [1.82, 2.24) is 9.13 Å². The van der Waals surface area contributed by atoms with Crippen LogP contribution in [-0.4, -0.2) is 20.9 Å². The van der Waals surface area contributed by atoms with Crippen LogP contribution in [-0.2, 0) is 4.79 Å². The van der Waals surface area contributed by atoms with E-state index in [9.17, 15) is 9.59 Å². The smallest absolute Gasteiger partial charge is 0.195 e. The van der Waals surface area contributed by atoms with Gasteiger partial charge in [-0.05, 0) is 78.2 Å². The van der Waals surface area contributed by atoms with Crippen LogP contribution in [0.5, 0.6) is 0 Å². The predicted molar refractivity (Wildman–Crippen MR) is 180 cm³/mol. The first-order valence-electron chi connectivity index (χ1n) is 14.5. The molecule has 2 aromatic heterocycles. The average molecular weight is 569 g/mol. The molecule has 1 aliphatic rings. The molecule has 0 spiro atoms. The highest BCUT2D eigenvalue weighted by molar-refractivity contribution is 6.32. The molecule has 1 aliphatic carbocycles. The van der Waals surface area contributed by atoms with Crippen molar-refractivity contribution >= 4 is 40.5 Å². The van der Waals surface area contributed by atoms with Crippen LogP contribution in [0.4, 0.5) is 0 Å². The minimum Gasteiger partial charge on any atom is -0.308 e. The van der Waals surface area contributed by atoms with Gasteiger partial charge in [-0.2, -0.15) is 0 Å². The zero-order valence-electron chi connectivity index (χ0n) is 24.2. The molecule has 0 saturated carbocycles. The van der Waals surface area contributed by atoms with Crippen LogP contribution in [0.3, 0.4) is 0 Å². The fourth-order valence-electron chi connectivity index (χ4n) is 6.09. The largest absolute Gasteiger partial charge is 0.308 e. The van der Waals surface area contributed by atoms with E-state index in [0.29, 0.717) is 16.7 Å². The number of fused-ring (bicyclic) bond motifs is 2. The fraction of sp³-hybridized carbons (Fsp3) is 0.0250. The highest BCUT2D eigenvalue weighted by Gasteiger charge is 2.32. The molecule has 0 saturated heterocycles. The van der Waals surface area contributed by atoms with Gasteiger partial charge in [-0.15, -0.1) is 0 Å². The summed E-state index contributed by atoms with van der Waals surface area (Å²) >= 11 is 0. The van der Waals surface area contributed by atoms with Gasteiger partial charge < -0.3 is 9.13 Å². The standard InChI is InChI=1S/C40H28N2O2/c1-3-4-14-29-22-34-33(21-27(29)2)36(26-43)35(40(34)44)23-32-24-38-39(41(32)30-17-10-6-11-18-30)25-37(28-15-8-5-9-16-28)42(38)31-19-12-7-13-20-31/h3-25H,1H2,2H3/b14-4-,35-23+. The number of aryl methyl sites for hydroxylation is 1. The normalized spacial score (nSPS) is 13.6. The Bertz CT molecular complexity index is 2190. The maximum Gasteiger partial charge on any atom is 0.195 e. The van der Waals surface area contributed by atoms with Crippen LogP contribution >= 0.6 is 0 Å². The number of para-hydroxylation sites is 2. The van der Waals surface area contributed by atoms with Crippen molar-refractivity contribution in [2.24, 2.45) is 0 Å². The van der Waals surface area contributed by atoms with E-state index in [4.69, 9.17) is 0 Å². The molecule has 0 N–H and O–H groups in total. The van der Waals surface area contributed by atoms with Gasteiger partial charge >= 0.3 is 0 Å². The number of carbonyl (C=O) groups is 1. The summed E-state index contributed by atoms with van der Waals surface area (Å²) in [4.78, 5) is 26.3. The molecule has 0 atom stereocenters. The first kappa shape index (κ1) is 26.9. The average Bonchev–Trinajstić information content (AvgIpc) is 3.68. The number of carbonyl (C=O) groups excluding carboxylic acids is 2. The van der Waals surface area contributed by atoms with Gasteiger partial charge in [0, 0.05) is 33.8 Å². The number of rotatable bonds is 6. The SMILES string of the molecule is C=C/C=C\c1cc2c(cc1C)C(=C=O)/C(=C\c1cc3c(cc(-c4ccccc4)n3-c3ccccc3)n1-c1ccccc1)C2=O. The number of benzene rings is 4. The molecule has 210 valence electrons. The van der Waals surface area contributed by atoms with Crippen LogP contribution < -0.4 is 0 Å². The molecule has 0 unspecified atom stereocenters. The van der Waals surface area contributed by atoms with E-state index in [2.05, 4.69) is 58.1 Å². The fourth-order valence-corrected chi connectivity index (χ4v) is 6.09. The summed E-state index contributed by atoms with van der Waals surface area (Å²) in [5.74, 6) is 1.91. The van der Waals surface area contributed by atoms with Crippen LogP contribution in [0, 0.1) is 6.92 Å². The Morgan fingerprint density at radius 3 is 1.98 bits per heavy atom. The summed E-state index contributed by atoms with van der Waals surface area (Å²) in [5.41, 5.74) is 10.5. The maximum absolute atomic E-state index is 13.9. The third-order valence-corrected chi connectivity index (χ3v) is 8.14. The predicted octanol–water partition coefficient (Wildman–Crippen LogP) is 9.09. The number of ketones is 1. The third kappa shape index (κ3) is 4.42. The second kappa shape index (κ2) is 11.0. The van der Waals surface area contributed by atoms with E-state index in [1.807, 2.05) is 104 Å². The van der Waals surface area contributed by atoms with Crippen molar-refractivity contribution in [2.75, 3.05) is 0 Å².